The summed E-state index contributed by atoms with van der Waals surface area (Å²) < 4.78 is 6.10. The van der Waals surface area contributed by atoms with Gasteiger partial charge in [0.25, 0.3) is 0 Å². The molecule has 0 heterocycles. The molecule has 1 aliphatic rings. The monoisotopic (exact) mass is 426 g/mol. The zero-order chi connectivity index (χ0) is 23.8. The van der Waals surface area contributed by atoms with Crippen molar-refractivity contribution >= 4 is 12.0 Å². The van der Waals surface area contributed by atoms with Gasteiger partial charge in [-0.3, -0.25) is 4.79 Å². The molecule has 4 nitrogen and oxygen atoms in total. The van der Waals surface area contributed by atoms with E-state index in [1.165, 1.54) is 6.21 Å². The lowest BCUT2D eigenvalue weighted by Gasteiger charge is -2.27. The van der Waals surface area contributed by atoms with Crippen LogP contribution >= 0.6 is 0 Å². The standard InChI is InChI=1S/C28H30N2O2/c1-7-20(4)27(22(6)31)28(24-10-9-23(17-30)16-21(24)5)25-14-18(2)13-19(3)15-26(25)32-12-8-11-29/h7,9-11,13-16,28-29H,1,3,8,12H2,2,4-6H3/b27-20-,29-11?/t28-/m0/s1. The average Bonchev–Trinajstić information content (AvgIpc) is 2.88. The number of ether oxygens (including phenoxy) is 1. The van der Waals surface area contributed by atoms with Gasteiger partial charge in [-0.2, -0.15) is 5.26 Å². The highest BCUT2D eigenvalue weighted by atomic mass is 16.5. The fourth-order valence-corrected chi connectivity index (χ4v) is 3.89. The minimum atomic E-state index is -0.418. The lowest BCUT2D eigenvalue weighted by molar-refractivity contribution is -0.113. The second kappa shape index (κ2) is 11.1. The third kappa shape index (κ3) is 5.70. The summed E-state index contributed by atoms with van der Waals surface area (Å²) in [5.74, 6) is 0.147. The second-order valence-electron chi connectivity index (χ2n) is 7.89. The second-order valence-corrected chi connectivity index (χ2v) is 7.89. The quantitative estimate of drug-likeness (QED) is 0.214. The Kier molecular flexibility index (Phi) is 8.49. The zero-order valence-electron chi connectivity index (χ0n) is 19.3. The van der Waals surface area contributed by atoms with Gasteiger partial charge in [-0.05, 0) is 74.4 Å². The molecule has 0 saturated carbocycles. The molecule has 0 aromatic heterocycles. The molecular weight excluding hydrogens is 396 g/mol. The summed E-state index contributed by atoms with van der Waals surface area (Å²) in [5.41, 5.74) is 6.43. The van der Waals surface area contributed by atoms with Crippen molar-refractivity contribution in [2.24, 2.45) is 0 Å². The topological polar surface area (TPSA) is 73.9 Å². The molecule has 0 spiro atoms. The Morgan fingerprint density at radius 1 is 1.25 bits per heavy atom. The minimum Gasteiger partial charge on any atom is -0.493 e. The van der Waals surface area contributed by atoms with Gasteiger partial charge in [-0.15, -0.1) is 0 Å². The van der Waals surface area contributed by atoms with Crippen LogP contribution in [0.25, 0.3) is 0 Å². The number of benzene rings is 1. The number of hydrogen-bond acceptors (Lipinski definition) is 4. The number of Topliss-reactive ketones (excluding diaryl/α,β-unsaturated/α-hetero) is 1. The molecule has 0 fully saturated rings. The van der Waals surface area contributed by atoms with Gasteiger partial charge in [0, 0.05) is 23.5 Å². The van der Waals surface area contributed by atoms with Crippen LogP contribution in [0.2, 0.25) is 0 Å². The first-order valence-electron chi connectivity index (χ1n) is 10.5. The molecule has 0 amide bonds. The van der Waals surface area contributed by atoms with Crippen LogP contribution in [0.3, 0.4) is 0 Å². The van der Waals surface area contributed by atoms with E-state index in [4.69, 9.17) is 10.1 Å². The summed E-state index contributed by atoms with van der Waals surface area (Å²) in [6.07, 6.45) is 9.35. The highest BCUT2D eigenvalue weighted by Crippen LogP contribution is 2.41. The molecule has 164 valence electrons. The van der Waals surface area contributed by atoms with Crippen LogP contribution in [0.15, 0.2) is 89.3 Å². The van der Waals surface area contributed by atoms with Crippen LogP contribution in [0, 0.1) is 23.7 Å². The largest absolute Gasteiger partial charge is 0.493 e. The molecule has 1 aromatic rings. The molecule has 1 aliphatic carbocycles. The molecular formula is C28H30N2O2. The molecule has 0 saturated heterocycles. The Bertz CT molecular complexity index is 1120. The predicted molar refractivity (Wildman–Crippen MR) is 131 cm³/mol. The Balaban J connectivity index is 2.86. The summed E-state index contributed by atoms with van der Waals surface area (Å²) in [6, 6.07) is 7.69. The van der Waals surface area contributed by atoms with Crippen LogP contribution in [0.5, 0.6) is 0 Å². The number of aryl methyl sites for hydroxylation is 1. The number of ketones is 1. The Morgan fingerprint density at radius 2 is 1.97 bits per heavy atom. The first-order chi connectivity index (χ1) is 15.2. The van der Waals surface area contributed by atoms with E-state index in [1.54, 1.807) is 19.1 Å². The minimum absolute atomic E-state index is 0.0550. The van der Waals surface area contributed by atoms with Gasteiger partial charge in [-0.25, -0.2) is 0 Å². The number of nitrogens with zero attached hydrogens (tertiary/aromatic N) is 1. The van der Waals surface area contributed by atoms with Crippen LogP contribution in [-0.2, 0) is 9.53 Å². The maximum atomic E-state index is 12.9. The van der Waals surface area contributed by atoms with E-state index < -0.39 is 5.92 Å². The molecule has 1 N–H and O–H groups in total. The van der Waals surface area contributed by atoms with Crippen molar-refractivity contribution in [2.75, 3.05) is 6.61 Å². The number of rotatable bonds is 9. The molecule has 0 unspecified atom stereocenters. The van der Waals surface area contributed by atoms with Gasteiger partial charge < -0.3 is 10.1 Å². The summed E-state index contributed by atoms with van der Waals surface area (Å²) in [7, 11) is 0. The average molecular weight is 427 g/mol. The van der Waals surface area contributed by atoms with Crippen molar-refractivity contribution < 1.29 is 9.53 Å². The van der Waals surface area contributed by atoms with Gasteiger partial charge in [-0.1, -0.05) is 43.0 Å². The molecule has 2 rings (SSSR count). The highest BCUT2D eigenvalue weighted by Gasteiger charge is 2.30. The summed E-state index contributed by atoms with van der Waals surface area (Å²) in [4.78, 5) is 12.9. The highest BCUT2D eigenvalue weighted by molar-refractivity contribution is 5.97. The Labute approximate surface area is 191 Å². The smallest absolute Gasteiger partial charge is 0.157 e. The fraction of sp³-hybridized carbons (Fsp3) is 0.250. The van der Waals surface area contributed by atoms with E-state index in [0.29, 0.717) is 29.9 Å². The van der Waals surface area contributed by atoms with Crippen molar-refractivity contribution in [3.63, 3.8) is 0 Å². The van der Waals surface area contributed by atoms with Crippen LogP contribution in [-0.4, -0.2) is 18.6 Å². The fourth-order valence-electron chi connectivity index (χ4n) is 3.89. The van der Waals surface area contributed by atoms with Crippen LogP contribution in [0.1, 0.15) is 49.8 Å². The van der Waals surface area contributed by atoms with E-state index in [0.717, 1.165) is 33.4 Å². The number of carbonyl (C=O) groups excluding carboxylic acids is 1. The van der Waals surface area contributed by atoms with E-state index in [-0.39, 0.29) is 5.78 Å². The number of allylic oxidation sites excluding steroid dienone is 9. The van der Waals surface area contributed by atoms with Crippen molar-refractivity contribution in [3.05, 3.63) is 106 Å². The lowest BCUT2D eigenvalue weighted by atomic mass is 9.77. The number of nitrogens with one attached hydrogen (secondary N) is 1. The number of nitriles is 1. The number of hydrogen-bond donors (Lipinski definition) is 1. The van der Waals surface area contributed by atoms with Gasteiger partial charge in [0.05, 0.1) is 18.2 Å². The lowest BCUT2D eigenvalue weighted by Crippen LogP contribution is -2.17. The molecule has 32 heavy (non-hydrogen) atoms. The van der Waals surface area contributed by atoms with Gasteiger partial charge in [0.15, 0.2) is 5.78 Å². The maximum absolute atomic E-state index is 12.9. The number of carbonyl (C=O) groups is 1. The van der Waals surface area contributed by atoms with E-state index in [1.807, 2.05) is 51.1 Å². The van der Waals surface area contributed by atoms with Crippen molar-refractivity contribution in [3.8, 4) is 6.07 Å². The molecule has 4 heteroatoms. The Morgan fingerprint density at radius 3 is 2.53 bits per heavy atom. The van der Waals surface area contributed by atoms with Crippen molar-refractivity contribution in [1.29, 1.82) is 10.7 Å². The SMILES string of the molecule is C=C/C(C)=C(/C(C)=O)[C@H](C1=CC(C)=CC(=C)C=C1OCCC=N)c1ccc(C#N)cc1C. The first kappa shape index (κ1) is 24.6. The van der Waals surface area contributed by atoms with Gasteiger partial charge >= 0.3 is 0 Å². The molecule has 1 atom stereocenters. The van der Waals surface area contributed by atoms with Crippen molar-refractivity contribution in [1.82, 2.24) is 0 Å². The summed E-state index contributed by atoms with van der Waals surface area (Å²) in [5, 5.41) is 16.6. The molecule has 0 radical (unpaired) electrons. The van der Waals surface area contributed by atoms with Crippen LogP contribution < -0.4 is 0 Å². The third-order valence-electron chi connectivity index (χ3n) is 5.34. The predicted octanol–water partition coefficient (Wildman–Crippen LogP) is 6.42. The van der Waals surface area contributed by atoms with Crippen molar-refractivity contribution in [2.45, 2.75) is 40.0 Å². The Hall–Kier alpha value is -3.71. The summed E-state index contributed by atoms with van der Waals surface area (Å²) in [6.45, 7) is 15.7. The third-order valence-corrected chi connectivity index (χ3v) is 5.34. The van der Waals surface area contributed by atoms with Gasteiger partial charge in [0.2, 0.25) is 0 Å². The normalized spacial score (nSPS) is 15.2. The van der Waals surface area contributed by atoms with E-state index in [9.17, 15) is 10.1 Å². The molecule has 0 bridgehead atoms. The first-order valence-corrected chi connectivity index (χ1v) is 10.5. The zero-order valence-corrected chi connectivity index (χ0v) is 19.3. The molecule has 0 aliphatic heterocycles. The molecule has 1 aromatic carbocycles. The summed E-state index contributed by atoms with van der Waals surface area (Å²) >= 11 is 0. The maximum Gasteiger partial charge on any atom is 0.157 e. The van der Waals surface area contributed by atoms with Gasteiger partial charge in [0.1, 0.15) is 5.76 Å². The van der Waals surface area contributed by atoms with Crippen LogP contribution in [0.4, 0.5) is 0 Å². The van der Waals surface area contributed by atoms with E-state index in [2.05, 4.69) is 19.2 Å². The van der Waals surface area contributed by atoms with E-state index >= 15 is 0 Å².